The first kappa shape index (κ1) is 16.0. The quantitative estimate of drug-likeness (QED) is 0.660. The molecular weight excluding hydrogens is 389 g/mol. The molecule has 0 unspecified atom stereocenters. The summed E-state index contributed by atoms with van der Waals surface area (Å²) >= 11 is 6.52. The smallest absolute Gasteiger partial charge is 0.254 e. The summed E-state index contributed by atoms with van der Waals surface area (Å²) in [5.41, 5.74) is 0.428. The topological polar surface area (TPSA) is 20.3 Å². The van der Waals surface area contributed by atoms with Crippen molar-refractivity contribution in [2.75, 3.05) is 11.9 Å². The molecule has 0 saturated heterocycles. The van der Waals surface area contributed by atoms with E-state index >= 15 is 0 Å². The van der Waals surface area contributed by atoms with Gasteiger partial charge >= 0.3 is 0 Å². The zero-order valence-corrected chi connectivity index (χ0v) is 14.4. The maximum Gasteiger partial charge on any atom is 0.254 e. The number of rotatable bonds is 4. The Morgan fingerprint density at radius 2 is 2.00 bits per heavy atom. The number of halogens is 3. The predicted octanol–water partition coefficient (Wildman–Crippen LogP) is 4.76. The van der Waals surface area contributed by atoms with Gasteiger partial charge in [-0.2, -0.15) is 0 Å². The van der Waals surface area contributed by atoms with E-state index in [9.17, 15) is 9.18 Å². The van der Waals surface area contributed by atoms with Gasteiger partial charge in [0.2, 0.25) is 0 Å². The average Bonchev–Trinajstić information content (AvgIpc) is 2.48. The summed E-state index contributed by atoms with van der Waals surface area (Å²) in [6.45, 7) is 0.668. The monoisotopic (exact) mass is 405 g/mol. The lowest BCUT2D eigenvalue weighted by Gasteiger charge is -2.34. The van der Waals surface area contributed by atoms with E-state index in [4.69, 9.17) is 0 Å². The molecule has 1 aliphatic carbocycles. The van der Waals surface area contributed by atoms with Crippen LogP contribution in [-0.4, -0.2) is 28.7 Å². The molecule has 5 heteroatoms. The summed E-state index contributed by atoms with van der Waals surface area (Å²) in [7, 11) is 0. The molecule has 2 nitrogen and oxygen atoms in total. The summed E-state index contributed by atoms with van der Waals surface area (Å²) in [4.78, 5) is 14.5. The van der Waals surface area contributed by atoms with Crippen LogP contribution in [0.2, 0.25) is 0 Å². The van der Waals surface area contributed by atoms with Gasteiger partial charge in [0.25, 0.3) is 5.91 Å². The molecule has 1 saturated carbocycles. The lowest BCUT2D eigenvalue weighted by Crippen LogP contribution is -2.42. The maximum atomic E-state index is 13.6. The minimum atomic E-state index is -0.390. The molecule has 1 aromatic rings. The van der Waals surface area contributed by atoms with Crippen LogP contribution in [0.1, 0.15) is 42.5 Å². The Morgan fingerprint density at radius 1 is 1.30 bits per heavy atom. The molecule has 0 aromatic heterocycles. The van der Waals surface area contributed by atoms with Crippen molar-refractivity contribution >= 4 is 37.8 Å². The fourth-order valence-corrected chi connectivity index (χ4v) is 3.36. The molecule has 1 aliphatic rings. The van der Waals surface area contributed by atoms with Gasteiger partial charge in [0, 0.05) is 23.5 Å². The van der Waals surface area contributed by atoms with E-state index in [1.165, 1.54) is 25.3 Å². The zero-order valence-electron chi connectivity index (χ0n) is 11.2. The molecular formula is C15H18Br2FNO. The highest BCUT2D eigenvalue weighted by atomic mass is 79.9. The first-order chi connectivity index (χ1) is 9.63. The van der Waals surface area contributed by atoms with Crippen molar-refractivity contribution < 1.29 is 9.18 Å². The lowest BCUT2D eigenvalue weighted by molar-refractivity contribution is 0.0650. The van der Waals surface area contributed by atoms with Crippen LogP contribution in [0.15, 0.2) is 22.7 Å². The van der Waals surface area contributed by atoms with Gasteiger partial charge in [-0.05, 0) is 47.0 Å². The van der Waals surface area contributed by atoms with E-state index in [1.807, 2.05) is 4.90 Å². The number of hydrogen-bond donors (Lipinski definition) is 0. The van der Waals surface area contributed by atoms with Gasteiger partial charge in [-0.15, -0.1) is 0 Å². The number of benzene rings is 1. The number of amides is 1. The molecule has 0 radical (unpaired) electrons. The van der Waals surface area contributed by atoms with Gasteiger partial charge in [0.15, 0.2) is 0 Å². The number of carbonyl (C=O) groups excluding carboxylic acids is 1. The molecule has 0 spiro atoms. The maximum absolute atomic E-state index is 13.6. The van der Waals surface area contributed by atoms with Crippen molar-refractivity contribution in [2.45, 2.75) is 38.1 Å². The molecule has 1 amide bonds. The summed E-state index contributed by atoms with van der Waals surface area (Å²) in [6, 6.07) is 4.88. The highest BCUT2D eigenvalue weighted by Crippen LogP contribution is 2.25. The third-order valence-electron chi connectivity index (χ3n) is 3.77. The summed E-state index contributed by atoms with van der Waals surface area (Å²) < 4.78 is 14.0. The Hall–Kier alpha value is -0.420. The van der Waals surface area contributed by atoms with Crippen LogP contribution in [0, 0.1) is 5.82 Å². The number of carbonyl (C=O) groups is 1. The Labute approximate surface area is 136 Å². The van der Waals surface area contributed by atoms with Crippen molar-refractivity contribution in [3.63, 3.8) is 0 Å². The van der Waals surface area contributed by atoms with Crippen molar-refractivity contribution in [1.29, 1.82) is 0 Å². The van der Waals surface area contributed by atoms with Crippen molar-refractivity contribution in [2.24, 2.45) is 0 Å². The Bertz CT molecular complexity index is 475. The summed E-state index contributed by atoms with van der Waals surface area (Å²) in [5, 5.41) is 0.744. The Kier molecular flexibility index (Phi) is 6.02. The normalized spacial score (nSPS) is 16.1. The molecule has 2 rings (SSSR count). The SMILES string of the molecule is O=C(c1ccc(Br)c(F)c1)N(CCBr)C1CCCCC1. The lowest BCUT2D eigenvalue weighted by atomic mass is 9.93. The predicted molar refractivity (Wildman–Crippen MR) is 85.8 cm³/mol. The van der Waals surface area contributed by atoms with E-state index < -0.39 is 5.82 Å². The van der Waals surface area contributed by atoms with E-state index in [-0.39, 0.29) is 5.91 Å². The average molecular weight is 407 g/mol. The second kappa shape index (κ2) is 7.55. The highest BCUT2D eigenvalue weighted by molar-refractivity contribution is 9.10. The van der Waals surface area contributed by atoms with Gasteiger partial charge < -0.3 is 4.90 Å². The van der Waals surface area contributed by atoms with Gasteiger partial charge in [-0.1, -0.05) is 35.2 Å². The molecule has 0 heterocycles. The molecule has 1 aromatic carbocycles. The van der Waals surface area contributed by atoms with Gasteiger partial charge in [-0.25, -0.2) is 4.39 Å². The molecule has 0 aliphatic heterocycles. The Morgan fingerprint density at radius 3 is 2.60 bits per heavy atom. The molecule has 0 bridgehead atoms. The molecule has 110 valence electrons. The molecule has 20 heavy (non-hydrogen) atoms. The minimum Gasteiger partial charge on any atom is -0.335 e. The van der Waals surface area contributed by atoms with Gasteiger partial charge in [0.1, 0.15) is 5.82 Å². The third kappa shape index (κ3) is 3.82. The van der Waals surface area contributed by atoms with Crippen LogP contribution in [0.4, 0.5) is 4.39 Å². The van der Waals surface area contributed by atoms with Gasteiger partial charge in [0.05, 0.1) is 4.47 Å². The first-order valence-corrected chi connectivity index (χ1v) is 8.87. The molecule has 0 N–H and O–H groups in total. The second-order valence-corrected chi connectivity index (χ2v) is 6.76. The second-order valence-electron chi connectivity index (χ2n) is 5.11. The van der Waals surface area contributed by atoms with E-state index in [2.05, 4.69) is 31.9 Å². The Balaban J connectivity index is 2.18. The number of nitrogens with zero attached hydrogens (tertiary/aromatic N) is 1. The fourth-order valence-electron chi connectivity index (χ4n) is 2.73. The van der Waals surface area contributed by atoms with Crippen LogP contribution < -0.4 is 0 Å². The van der Waals surface area contributed by atoms with Crippen LogP contribution in [0.25, 0.3) is 0 Å². The number of hydrogen-bond acceptors (Lipinski definition) is 1. The van der Waals surface area contributed by atoms with Crippen LogP contribution in [-0.2, 0) is 0 Å². The van der Waals surface area contributed by atoms with E-state index in [0.717, 1.165) is 18.2 Å². The van der Waals surface area contributed by atoms with E-state index in [0.29, 0.717) is 22.6 Å². The minimum absolute atomic E-state index is 0.0669. The van der Waals surface area contributed by atoms with Crippen molar-refractivity contribution in [3.05, 3.63) is 34.1 Å². The standard InChI is InChI=1S/C15H18Br2FNO/c16-8-9-19(12-4-2-1-3-5-12)15(20)11-6-7-13(17)14(18)10-11/h6-7,10,12H,1-5,8-9H2. The summed E-state index contributed by atoms with van der Waals surface area (Å²) in [5.74, 6) is -0.457. The van der Waals surface area contributed by atoms with Crippen LogP contribution in [0.3, 0.4) is 0 Å². The fraction of sp³-hybridized carbons (Fsp3) is 0.533. The highest BCUT2D eigenvalue weighted by Gasteiger charge is 2.26. The van der Waals surface area contributed by atoms with Crippen molar-refractivity contribution in [1.82, 2.24) is 4.90 Å². The molecule has 1 fully saturated rings. The first-order valence-electron chi connectivity index (χ1n) is 6.95. The van der Waals surface area contributed by atoms with Crippen LogP contribution >= 0.6 is 31.9 Å². The third-order valence-corrected chi connectivity index (χ3v) is 4.77. The number of alkyl halides is 1. The van der Waals surface area contributed by atoms with E-state index in [1.54, 1.807) is 12.1 Å². The largest absolute Gasteiger partial charge is 0.335 e. The van der Waals surface area contributed by atoms with Crippen LogP contribution in [0.5, 0.6) is 0 Å². The summed E-state index contributed by atoms with van der Waals surface area (Å²) in [6.07, 6.45) is 5.70. The zero-order chi connectivity index (χ0) is 14.5. The van der Waals surface area contributed by atoms with Gasteiger partial charge in [-0.3, -0.25) is 4.79 Å². The van der Waals surface area contributed by atoms with Crippen molar-refractivity contribution in [3.8, 4) is 0 Å². The molecule has 0 atom stereocenters.